The number of benzene rings is 1. The number of aliphatic hydroxyl groups is 1. The topological polar surface area (TPSA) is 70.6 Å². The lowest BCUT2D eigenvalue weighted by Gasteiger charge is -2.34. The Bertz CT molecular complexity index is 518. The Morgan fingerprint density at radius 2 is 1.75 bits per heavy atom. The van der Waals surface area contributed by atoms with Crippen molar-refractivity contribution < 1.29 is 14.6 Å². The minimum absolute atomic E-state index is 0.0424. The van der Waals surface area contributed by atoms with E-state index in [0.717, 1.165) is 12.1 Å². The number of anilines is 1. The van der Waals surface area contributed by atoms with Gasteiger partial charge < -0.3 is 20.5 Å². The monoisotopic (exact) mass is 336 g/mol. The summed E-state index contributed by atoms with van der Waals surface area (Å²) in [7, 11) is 0. The molecule has 1 amide bonds. The Kier molecular flexibility index (Phi) is 7.24. The maximum Gasteiger partial charge on any atom is 0.221 e. The van der Waals surface area contributed by atoms with Crippen LogP contribution in [0.5, 0.6) is 5.75 Å². The van der Waals surface area contributed by atoms with Crippen LogP contribution in [0.3, 0.4) is 0 Å². The quantitative estimate of drug-likeness (QED) is 0.682. The number of rotatable bonds is 8. The number of amides is 1. The average molecular weight is 336 g/mol. The molecule has 136 valence electrons. The van der Waals surface area contributed by atoms with Gasteiger partial charge in [-0.05, 0) is 49.9 Å². The molecule has 0 aliphatic rings. The second-order valence-corrected chi connectivity index (χ2v) is 8.17. The summed E-state index contributed by atoms with van der Waals surface area (Å²) < 4.78 is 5.59. The number of hydrogen-bond donors (Lipinski definition) is 3. The predicted octanol–water partition coefficient (Wildman–Crippen LogP) is 3.19. The molecule has 0 aliphatic heterocycles. The van der Waals surface area contributed by atoms with Crippen molar-refractivity contribution in [1.29, 1.82) is 0 Å². The second-order valence-electron chi connectivity index (χ2n) is 8.17. The van der Waals surface area contributed by atoms with E-state index in [9.17, 15) is 9.90 Å². The van der Waals surface area contributed by atoms with Gasteiger partial charge in [-0.15, -0.1) is 0 Å². The van der Waals surface area contributed by atoms with Crippen molar-refractivity contribution in [3.05, 3.63) is 24.3 Å². The number of carbonyl (C=O) groups excluding carboxylic acids is 1. The standard InChI is InChI=1S/C19H32N2O3/c1-14(22)21-15-7-9-17(10-8-15)24-12-16(23)11-20-19(5,6)13-18(2,3)4/h7-10,16,20,23H,11-13H2,1-6H3,(H,21,22). The zero-order valence-corrected chi connectivity index (χ0v) is 15.8. The van der Waals surface area contributed by atoms with Crippen molar-refractivity contribution in [2.45, 2.75) is 59.6 Å². The van der Waals surface area contributed by atoms with Crippen LogP contribution in [0.2, 0.25) is 0 Å². The van der Waals surface area contributed by atoms with Crippen LogP contribution in [-0.4, -0.2) is 35.8 Å². The highest BCUT2D eigenvalue weighted by Crippen LogP contribution is 2.26. The van der Waals surface area contributed by atoms with Crippen molar-refractivity contribution in [2.75, 3.05) is 18.5 Å². The van der Waals surface area contributed by atoms with Crippen LogP contribution < -0.4 is 15.4 Å². The highest BCUT2D eigenvalue weighted by molar-refractivity contribution is 5.88. The smallest absolute Gasteiger partial charge is 0.221 e. The largest absolute Gasteiger partial charge is 0.491 e. The van der Waals surface area contributed by atoms with Crippen molar-refractivity contribution in [2.24, 2.45) is 5.41 Å². The minimum atomic E-state index is -0.584. The zero-order chi connectivity index (χ0) is 18.4. The second kappa shape index (κ2) is 8.49. The molecule has 1 unspecified atom stereocenters. The van der Waals surface area contributed by atoms with Crippen molar-refractivity contribution >= 4 is 11.6 Å². The Labute approximate surface area is 145 Å². The first-order valence-corrected chi connectivity index (χ1v) is 8.40. The van der Waals surface area contributed by atoms with E-state index >= 15 is 0 Å². The molecule has 1 aromatic carbocycles. The van der Waals surface area contributed by atoms with Gasteiger partial charge in [0.2, 0.25) is 5.91 Å². The predicted molar refractivity (Wildman–Crippen MR) is 98.4 cm³/mol. The summed E-state index contributed by atoms with van der Waals surface area (Å²) in [6.45, 7) is 13.1. The summed E-state index contributed by atoms with van der Waals surface area (Å²) in [5.41, 5.74) is 0.910. The maximum atomic E-state index is 11.0. The van der Waals surface area contributed by atoms with E-state index in [2.05, 4.69) is 45.3 Å². The van der Waals surface area contributed by atoms with Gasteiger partial charge in [0.05, 0.1) is 0 Å². The van der Waals surface area contributed by atoms with Crippen LogP contribution >= 0.6 is 0 Å². The highest BCUT2D eigenvalue weighted by Gasteiger charge is 2.25. The van der Waals surface area contributed by atoms with Crippen LogP contribution in [0.4, 0.5) is 5.69 Å². The van der Waals surface area contributed by atoms with Crippen LogP contribution in [0.15, 0.2) is 24.3 Å². The summed E-state index contributed by atoms with van der Waals surface area (Å²) >= 11 is 0. The Hall–Kier alpha value is -1.59. The number of β-amino-alcohol motifs (C(OH)–C–C–N with tert-alkyl or cyclic N) is 1. The molecule has 0 bridgehead atoms. The lowest BCUT2D eigenvalue weighted by atomic mass is 9.82. The van der Waals surface area contributed by atoms with E-state index in [0.29, 0.717) is 12.3 Å². The summed E-state index contributed by atoms with van der Waals surface area (Å²) in [6.07, 6.45) is 0.428. The molecular weight excluding hydrogens is 304 g/mol. The third-order valence-electron chi connectivity index (χ3n) is 3.41. The Morgan fingerprint density at radius 3 is 2.25 bits per heavy atom. The molecule has 5 nitrogen and oxygen atoms in total. The number of ether oxygens (including phenoxy) is 1. The van der Waals surface area contributed by atoms with E-state index in [-0.39, 0.29) is 23.5 Å². The van der Waals surface area contributed by atoms with Gasteiger partial charge in [-0.2, -0.15) is 0 Å². The molecule has 0 aromatic heterocycles. The first-order valence-electron chi connectivity index (χ1n) is 8.40. The molecular formula is C19H32N2O3. The fourth-order valence-electron chi connectivity index (χ4n) is 2.87. The first kappa shape index (κ1) is 20.5. The van der Waals surface area contributed by atoms with E-state index in [1.807, 2.05) is 0 Å². The summed E-state index contributed by atoms with van der Waals surface area (Å²) in [4.78, 5) is 11.0. The van der Waals surface area contributed by atoms with Crippen LogP contribution in [0.1, 0.15) is 48.0 Å². The van der Waals surface area contributed by atoms with Gasteiger partial charge in [-0.1, -0.05) is 20.8 Å². The lowest BCUT2D eigenvalue weighted by molar-refractivity contribution is -0.114. The van der Waals surface area contributed by atoms with Gasteiger partial charge in [0.25, 0.3) is 0 Å². The highest BCUT2D eigenvalue weighted by atomic mass is 16.5. The van der Waals surface area contributed by atoms with E-state index in [1.165, 1.54) is 6.92 Å². The molecule has 0 fully saturated rings. The molecule has 1 rings (SSSR count). The SMILES string of the molecule is CC(=O)Nc1ccc(OCC(O)CNC(C)(C)CC(C)(C)C)cc1. The molecule has 0 heterocycles. The molecule has 0 aliphatic carbocycles. The molecule has 1 atom stereocenters. The van der Waals surface area contributed by atoms with Gasteiger partial charge in [0.1, 0.15) is 18.5 Å². The Morgan fingerprint density at radius 1 is 1.17 bits per heavy atom. The maximum absolute atomic E-state index is 11.0. The number of carbonyl (C=O) groups is 1. The molecule has 0 radical (unpaired) electrons. The molecule has 3 N–H and O–H groups in total. The molecule has 0 saturated heterocycles. The number of nitrogens with one attached hydrogen (secondary N) is 2. The minimum Gasteiger partial charge on any atom is -0.491 e. The van der Waals surface area contributed by atoms with Gasteiger partial charge in [-0.25, -0.2) is 0 Å². The number of aliphatic hydroxyl groups excluding tert-OH is 1. The Balaban J connectivity index is 2.38. The van der Waals surface area contributed by atoms with Crippen molar-refractivity contribution in [3.63, 3.8) is 0 Å². The van der Waals surface area contributed by atoms with Crippen molar-refractivity contribution in [1.82, 2.24) is 5.32 Å². The van der Waals surface area contributed by atoms with Gasteiger partial charge in [-0.3, -0.25) is 4.79 Å². The van der Waals surface area contributed by atoms with Gasteiger partial charge >= 0.3 is 0 Å². The van der Waals surface area contributed by atoms with Gasteiger partial charge in [0.15, 0.2) is 0 Å². The fraction of sp³-hybridized carbons (Fsp3) is 0.632. The summed E-state index contributed by atoms with van der Waals surface area (Å²) in [5, 5.41) is 16.2. The zero-order valence-electron chi connectivity index (χ0n) is 15.8. The normalized spacial score (nSPS) is 13.5. The average Bonchev–Trinajstić information content (AvgIpc) is 2.41. The van der Waals surface area contributed by atoms with Crippen LogP contribution in [-0.2, 0) is 4.79 Å². The van der Waals surface area contributed by atoms with E-state index in [1.54, 1.807) is 24.3 Å². The van der Waals surface area contributed by atoms with Gasteiger partial charge in [0, 0.05) is 24.7 Å². The first-order chi connectivity index (χ1) is 11.0. The third kappa shape index (κ3) is 8.89. The van der Waals surface area contributed by atoms with E-state index < -0.39 is 6.10 Å². The fourth-order valence-corrected chi connectivity index (χ4v) is 2.87. The molecule has 24 heavy (non-hydrogen) atoms. The van der Waals surface area contributed by atoms with Crippen molar-refractivity contribution in [3.8, 4) is 5.75 Å². The lowest BCUT2D eigenvalue weighted by Crippen LogP contribution is -2.46. The van der Waals surface area contributed by atoms with Crippen LogP contribution in [0, 0.1) is 5.41 Å². The summed E-state index contributed by atoms with van der Waals surface area (Å²) in [6, 6.07) is 7.09. The van der Waals surface area contributed by atoms with E-state index in [4.69, 9.17) is 4.74 Å². The molecule has 0 saturated carbocycles. The summed E-state index contributed by atoms with van der Waals surface area (Å²) in [5.74, 6) is 0.556. The third-order valence-corrected chi connectivity index (χ3v) is 3.41. The number of hydrogen-bond acceptors (Lipinski definition) is 4. The van der Waals surface area contributed by atoms with Crippen LogP contribution in [0.25, 0.3) is 0 Å². The molecule has 1 aromatic rings. The molecule has 0 spiro atoms. The molecule has 5 heteroatoms.